The van der Waals surface area contributed by atoms with E-state index in [1.807, 2.05) is 4.68 Å². The van der Waals surface area contributed by atoms with Crippen LogP contribution in [-0.4, -0.2) is 34.6 Å². The predicted octanol–water partition coefficient (Wildman–Crippen LogP) is 1.65. The summed E-state index contributed by atoms with van der Waals surface area (Å²) in [7, 11) is 1.62. The number of ether oxygens (including phenoxy) is 1. The van der Waals surface area contributed by atoms with Crippen LogP contribution in [0.3, 0.4) is 0 Å². The van der Waals surface area contributed by atoms with E-state index in [9.17, 15) is 5.11 Å². The third kappa shape index (κ3) is 2.52. The maximum Gasteiger partial charge on any atom is 0.162 e. The Morgan fingerprint density at radius 1 is 1.50 bits per heavy atom. The van der Waals surface area contributed by atoms with E-state index in [2.05, 4.69) is 24.3 Å². The zero-order valence-corrected chi connectivity index (χ0v) is 11.4. The fourth-order valence-corrected chi connectivity index (χ4v) is 2.54. The van der Waals surface area contributed by atoms with Gasteiger partial charge in [0.1, 0.15) is 11.8 Å². The third-order valence-corrected chi connectivity index (χ3v) is 3.52. The molecule has 1 aromatic rings. The molecular weight excluding hydrogens is 230 g/mol. The molecule has 102 valence electrons. The number of hydrogen-bond acceptors (Lipinski definition) is 4. The summed E-state index contributed by atoms with van der Waals surface area (Å²) in [5.41, 5.74) is 0.784. The average molecular weight is 253 g/mol. The van der Waals surface area contributed by atoms with Gasteiger partial charge in [-0.05, 0) is 33.2 Å². The quantitative estimate of drug-likeness (QED) is 0.856. The number of aliphatic hydroxyl groups is 1. The molecule has 0 aromatic carbocycles. The van der Waals surface area contributed by atoms with Crippen molar-refractivity contribution in [1.82, 2.24) is 15.1 Å². The lowest BCUT2D eigenvalue weighted by Gasteiger charge is -2.29. The van der Waals surface area contributed by atoms with Crippen LogP contribution in [-0.2, 0) is 0 Å². The van der Waals surface area contributed by atoms with Crippen molar-refractivity contribution in [2.45, 2.75) is 51.3 Å². The molecule has 0 spiro atoms. The Hall–Kier alpha value is -1.07. The first-order chi connectivity index (χ1) is 8.65. The maximum atomic E-state index is 10.6. The molecule has 5 heteroatoms. The zero-order valence-electron chi connectivity index (χ0n) is 11.4. The van der Waals surface area contributed by atoms with Crippen LogP contribution in [0.5, 0.6) is 5.75 Å². The topological polar surface area (TPSA) is 59.3 Å². The van der Waals surface area contributed by atoms with E-state index in [0.717, 1.165) is 25.1 Å². The van der Waals surface area contributed by atoms with Crippen LogP contribution in [0, 0.1) is 0 Å². The first-order valence-electron chi connectivity index (χ1n) is 6.68. The molecule has 1 aliphatic rings. The number of aromatic nitrogens is 2. The van der Waals surface area contributed by atoms with Gasteiger partial charge in [-0.2, -0.15) is 5.10 Å². The Balaban J connectivity index is 2.26. The molecule has 0 saturated carbocycles. The molecule has 1 aromatic heterocycles. The Morgan fingerprint density at radius 2 is 2.28 bits per heavy atom. The summed E-state index contributed by atoms with van der Waals surface area (Å²) in [5, 5.41) is 18.3. The van der Waals surface area contributed by atoms with Crippen molar-refractivity contribution in [3.8, 4) is 5.75 Å². The van der Waals surface area contributed by atoms with E-state index in [-0.39, 0.29) is 12.1 Å². The predicted molar refractivity (Wildman–Crippen MR) is 69.8 cm³/mol. The molecule has 2 atom stereocenters. The number of rotatable bonds is 4. The van der Waals surface area contributed by atoms with Crippen LogP contribution in [0.25, 0.3) is 0 Å². The summed E-state index contributed by atoms with van der Waals surface area (Å²) in [5.74, 6) is 0.670. The molecule has 2 unspecified atom stereocenters. The van der Waals surface area contributed by atoms with Gasteiger partial charge in [0, 0.05) is 12.1 Å². The monoisotopic (exact) mass is 253 g/mol. The Morgan fingerprint density at radius 3 is 2.83 bits per heavy atom. The van der Waals surface area contributed by atoms with Crippen molar-refractivity contribution in [3.63, 3.8) is 0 Å². The highest BCUT2D eigenvalue weighted by molar-refractivity contribution is 5.28. The fraction of sp³-hybridized carbons (Fsp3) is 0.769. The van der Waals surface area contributed by atoms with E-state index in [1.54, 1.807) is 13.3 Å². The molecule has 0 radical (unpaired) electrons. The highest BCUT2D eigenvalue weighted by atomic mass is 16.5. The van der Waals surface area contributed by atoms with Gasteiger partial charge >= 0.3 is 0 Å². The molecule has 1 fully saturated rings. The molecular formula is C13H23N3O2. The molecule has 18 heavy (non-hydrogen) atoms. The Kier molecular flexibility index (Phi) is 4.24. The van der Waals surface area contributed by atoms with Crippen molar-refractivity contribution in [2.75, 3.05) is 13.7 Å². The van der Waals surface area contributed by atoms with Crippen LogP contribution in [0.4, 0.5) is 0 Å². The summed E-state index contributed by atoms with van der Waals surface area (Å²) < 4.78 is 7.16. The normalized spacial score (nSPS) is 22.2. The molecule has 1 aliphatic heterocycles. The number of hydrogen-bond donors (Lipinski definition) is 2. The Labute approximate surface area is 108 Å². The van der Waals surface area contributed by atoms with Gasteiger partial charge in [-0.25, -0.2) is 0 Å². The van der Waals surface area contributed by atoms with Crippen molar-refractivity contribution in [1.29, 1.82) is 0 Å². The van der Waals surface area contributed by atoms with E-state index in [0.29, 0.717) is 5.75 Å². The number of nitrogens with one attached hydrogen (secondary N) is 1. The van der Waals surface area contributed by atoms with E-state index in [1.165, 1.54) is 6.42 Å². The third-order valence-electron chi connectivity index (χ3n) is 3.52. The molecule has 0 bridgehead atoms. The minimum atomic E-state index is -0.565. The van der Waals surface area contributed by atoms with Gasteiger partial charge in [-0.1, -0.05) is 6.42 Å². The number of methoxy groups -OCH3 is 1. The fourth-order valence-electron chi connectivity index (χ4n) is 2.54. The van der Waals surface area contributed by atoms with Crippen molar-refractivity contribution < 1.29 is 9.84 Å². The summed E-state index contributed by atoms with van der Waals surface area (Å²) in [4.78, 5) is 0. The molecule has 2 heterocycles. The lowest BCUT2D eigenvalue weighted by Crippen LogP contribution is -2.39. The summed E-state index contributed by atoms with van der Waals surface area (Å²) in [6.07, 6.45) is 4.45. The largest absolute Gasteiger partial charge is 0.493 e. The lowest BCUT2D eigenvalue weighted by molar-refractivity contribution is 0.101. The number of aliphatic hydroxyl groups excluding tert-OH is 1. The van der Waals surface area contributed by atoms with Crippen molar-refractivity contribution in [2.24, 2.45) is 0 Å². The van der Waals surface area contributed by atoms with Gasteiger partial charge in [0.25, 0.3) is 0 Å². The minimum Gasteiger partial charge on any atom is -0.493 e. The molecule has 2 rings (SSSR count). The zero-order chi connectivity index (χ0) is 13.1. The molecule has 0 amide bonds. The smallest absolute Gasteiger partial charge is 0.162 e. The van der Waals surface area contributed by atoms with E-state index in [4.69, 9.17) is 4.74 Å². The Bertz CT molecular complexity index is 384. The van der Waals surface area contributed by atoms with Crippen LogP contribution in [0.15, 0.2) is 6.20 Å². The van der Waals surface area contributed by atoms with Gasteiger partial charge in [-0.3, -0.25) is 4.68 Å². The van der Waals surface area contributed by atoms with E-state index >= 15 is 0 Å². The summed E-state index contributed by atoms with van der Waals surface area (Å²) in [6.45, 7) is 5.08. The van der Waals surface area contributed by atoms with Gasteiger partial charge in [0.05, 0.1) is 13.3 Å². The maximum absolute atomic E-state index is 10.6. The number of piperidine rings is 1. The van der Waals surface area contributed by atoms with Crippen molar-refractivity contribution >= 4 is 0 Å². The van der Waals surface area contributed by atoms with Gasteiger partial charge in [0.15, 0.2) is 5.75 Å². The van der Waals surface area contributed by atoms with E-state index < -0.39 is 6.10 Å². The highest BCUT2D eigenvalue weighted by Crippen LogP contribution is 2.31. The van der Waals surface area contributed by atoms with Gasteiger partial charge in [-0.15, -0.1) is 0 Å². The second-order valence-corrected chi connectivity index (χ2v) is 5.14. The van der Waals surface area contributed by atoms with Crippen LogP contribution in [0.2, 0.25) is 0 Å². The first-order valence-corrected chi connectivity index (χ1v) is 6.68. The number of nitrogens with zero attached hydrogens (tertiary/aromatic N) is 2. The second-order valence-electron chi connectivity index (χ2n) is 5.14. The summed E-state index contributed by atoms with van der Waals surface area (Å²) in [6, 6.07) is 0.309. The SMILES string of the molecule is COc1cnn(C(C)C)c1C(O)C1CCCCN1. The average Bonchev–Trinajstić information content (AvgIpc) is 2.82. The standard InChI is InChI=1S/C13H23N3O2/c1-9(2)16-12(11(18-3)8-15-16)13(17)10-6-4-5-7-14-10/h8-10,13-14,17H,4-7H2,1-3H3. The minimum absolute atomic E-state index is 0.0989. The van der Waals surface area contributed by atoms with Crippen molar-refractivity contribution in [3.05, 3.63) is 11.9 Å². The van der Waals surface area contributed by atoms with Gasteiger partial charge in [0.2, 0.25) is 0 Å². The first kappa shape index (κ1) is 13.4. The second kappa shape index (κ2) is 5.71. The van der Waals surface area contributed by atoms with Crippen LogP contribution in [0.1, 0.15) is 50.9 Å². The summed E-state index contributed by atoms with van der Waals surface area (Å²) >= 11 is 0. The lowest BCUT2D eigenvalue weighted by atomic mass is 9.97. The molecule has 5 nitrogen and oxygen atoms in total. The molecule has 0 aliphatic carbocycles. The van der Waals surface area contributed by atoms with Gasteiger partial charge < -0.3 is 15.2 Å². The molecule has 2 N–H and O–H groups in total. The van der Waals surface area contributed by atoms with Crippen LogP contribution < -0.4 is 10.1 Å². The molecule has 1 saturated heterocycles. The van der Waals surface area contributed by atoms with Crippen LogP contribution >= 0.6 is 0 Å². The highest BCUT2D eigenvalue weighted by Gasteiger charge is 2.29.